The summed E-state index contributed by atoms with van der Waals surface area (Å²) < 4.78 is 1.93. The number of hydrogen-bond acceptors (Lipinski definition) is 3. The highest BCUT2D eigenvalue weighted by atomic mass is 35.5. The van der Waals surface area contributed by atoms with Gasteiger partial charge in [-0.3, -0.25) is 4.40 Å². The first-order valence-corrected chi connectivity index (χ1v) is 5.95. The molecule has 2 N–H and O–H groups in total. The summed E-state index contributed by atoms with van der Waals surface area (Å²) in [5.41, 5.74) is 8.42. The van der Waals surface area contributed by atoms with Crippen molar-refractivity contribution in [1.29, 1.82) is 0 Å². The quantitative estimate of drug-likeness (QED) is 0.768. The molecule has 4 nitrogen and oxygen atoms in total. The van der Waals surface area contributed by atoms with Crippen LogP contribution in [0.2, 0.25) is 5.02 Å². The van der Waals surface area contributed by atoms with Gasteiger partial charge in [0, 0.05) is 23.3 Å². The van der Waals surface area contributed by atoms with E-state index in [-0.39, 0.29) is 0 Å². The summed E-state index contributed by atoms with van der Waals surface area (Å²) >= 11 is 5.87. The van der Waals surface area contributed by atoms with Gasteiger partial charge in [0.15, 0.2) is 11.5 Å². The molecule has 0 saturated heterocycles. The fourth-order valence-electron chi connectivity index (χ4n) is 1.86. The first-order chi connectivity index (χ1) is 8.78. The highest BCUT2D eigenvalue weighted by Gasteiger charge is 2.07. The Kier molecular flexibility index (Phi) is 2.74. The predicted molar refractivity (Wildman–Crippen MR) is 71.3 cm³/mol. The van der Waals surface area contributed by atoms with Crippen LogP contribution >= 0.6 is 11.6 Å². The molecule has 0 unspecified atom stereocenters. The Morgan fingerprint density at radius 1 is 1.11 bits per heavy atom. The van der Waals surface area contributed by atoms with Gasteiger partial charge < -0.3 is 5.73 Å². The zero-order chi connectivity index (χ0) is 12.5. The monoisotopic (exact) mass is 258 g/mol. The smallest absolute Gasteiger partial charge is 0.168 e. The maximum absolute atomic E-state index is 5.87. The van der Waals surface area contributed by atoms with Crippen molar-refractivity contribution in [1.82, 2.24) is 14.6 Å². The minimum absolute atomic E-state index is 0.500. The van der Waals surface area contributed by atoms with E-state index in [2.05, 4.69) is 10.2 Å². The molecule has 0 radical (unpaired) electrons. The van der Waals surface area contributed by atoms with Crippen LogP contribution in [-0.2, 0) is 6.54 Å². The third-order valence-corrected chi connectivity index (χ3v) is 3.06. The number of rotatable bonds is 2. The van der Waals surface area contributed by atoms with E-state index < -0.39 is 0 Å². The number of benzene rings is 1. The van der Waals surface area contributed by atoms with E-state index in [9.17, 15) is 0 Å². The molecule has 0 aliphatic carbocycles. The maximum atomic E-state index is 5.87. The van der Waals surface area contributed by atoms with Crippen LogP contribution < -0.4 is 5.73 Å². The van der Waals surface area contributed by atoms with Crippen LogP contribution in [0.15, 0.2) is 42.6 Å². The van der Waals surface area contributed by atoms with Gasteiger partial charge >= 0.3 is 0 Å². The molecule has 0 atom stereocenters. The lowest BCUT2D eigenvalue weighted by Crippen LogP contribution is -1.97. The lowest BCUT2D eigenvalue weighted by molar-refractivity contribution is 1.05. The van der Waals surface area contributed by atoms with Gasteiger partial charge in [-0.25, -0.2) is 0 Å². The second-order valence-electron chi connectivity index (χ2n) is 4.00. The molecule has 0 saturated carbocycles. The van der Waals surface area contributed by atoms with Gasteiger partial charge in [-0.2, -0.15) is 0 Å². The fraction of sp³-hybridized carbons (Fsp3) is 0.0769. The summed E-state index contributed by atoms with van der Waals surface area (Å²) in [6.07, 6.45) is 1.93. The van der Waals surface area contributed by atoms with Crippen molar-refractivity contribution >= 4 is 17.2 Å². The van der Waals surface area contributed by atoms with Crippen LogP contribution in [0.25, 0.3) is 17.0 Å². The summed E-state index contributed by atoms with van der Waals surface area (Å²) in [7, 11) is 0. The molecule has 0 aliphatic heterocycles. The van der Waals surface area contributed by atoms with Crippen LogP contribution in [-0.4, -0.2) is 14.6 Å². The summed E-state index contributed by atoms with van der Waals surface area (Å²) in [5, 5.41) is 9.06. The fourth-order valence-corrected chi connectivity index (χ4v) is 1.98. The molecule has 3 rings (SSSR count). The van der Waals surface area contributed by atoms with E-state index in [0.29, 0.717) is 11.6 Å². The minimum atomic E-state index is 0.500. The van der Waals surface area contributed by atoms with Crippen LogP contribution in [0.3, 0.4) is 0 Å². The Balaban J connectivity index is 2.15. The number of hydrogen-bond donors (Lipinski definition) is 1. The molecule has 0 aliphatic rings. The Hall–Kier alpha value is -1.91. The Morgan fingerprint density at radius 2 is 1.89 bits per heavy atom. The molecule has 18 heavy (non-hydrogen) atoms. The van der Waals surface area contributed by atoms with Crippen molar-refractivity contribution in [3.05, 3.63) is 53.2 Å². The van der Waals surface area contributed by atoms with Gasteiger partial charge in [-0.15, -0.1) is 10.2 Å². The summed E-state index contributed by atoms with van der Waals surface area (Å²) in [4.78, 5) is 0. The topological polar surface area (TPSA) is 56.2 Å². The van der Waals surface area contributed by atoms with Crippen molar-refractivity contribution in [3.63, 3.8) is 0 Å². The number of fused-ring (bicyclic) bond motifs is 1. The first-order valence-electron chi connectivity index (χ1n) is 5.57. The first kappa shape index (κ1) is 11.2. The van der Waals surface area contributed by atoms with Crippen molar-refractivity contribution < 1.29 is 0 Å². The minimum Gasteiger partial charge on any atom is -0.326 e. The molecular formula is C13H11ClN4. The van der Waals surface area contributed by atoms with E-state index >= 15 is 0 Å². The Bertz CT molecular complexity index is 688. The summed E-state index contributed by atoms with van der Waals surface area (Å²) in [6.45, 7) is 0.500. The molecule has 2 heterocycles. The van der Waals surface area contributed by atoms with Crippen molar-refractivity contribution in [2.24, 2.45) is 5.73 Å². The van der Waals surface area contributed by atoms with Crippen molar-refractivity contribution in [3.8, 4) is 11.4 Å². The molecule has 0 fully saturated rings. The molecule has 90 valence electrons. The maximum Gasteiger partial charge on any atom is 0.168 e. The number of nitrogens with two attached hydrogens (primary N) is 1. The third-order valence-electron chi connectivity index (χ3n) is 2.81. The Morgan fingerprint density at radius 3 is 2.61 bits per heavy atom. The molecule has 1 aromatic carbocycles. The van der Waals surface area contributed by atoms with Crippen LogP contribution in [0, 0.1) is 0 Å². The lowest BCUT2D eigenvalue weighted by Gasteiger charge is -2.01. The second-order valence-corrected chi connectivity index (χ2v) is 4.43. The normalized spacial score (nSPS) is 11.0. The molecular weight excluding hydrogens is 248 g/mol. The largest absolute Gasteiger partial charge is 0.326 e. The summed E-state index contributed by atoms with van der Waals surface area (Å²) in [5.74, 6) is 0.797. The van der Waals surface area contributed by atoms with Gasteiger partial charge in [-0.05, 0) is 42.0 Å². The van der Waals surface area contributed by atoms with Crippen LogP contribution in [0.5, 0.6) is 0 Å². The van der Waals surface area contributed by atoms with Gasteiger partial charge in [0.25, 0.3) is 0 Å². The molecule has 2 aromatic heterocycles. The van der Waals surface area contributed by atoms with Gasteiger partial charge in [0.05, 0.1) is 0 Å². The number of pyridine rings is 1. The Labute approximate surface area is 109 Å². The van der Waals surface area contributed by atoms with Crippen molar-refractivity contribution in [2.45, 2.75) is 6.54 Å². The average molecular weight is 259 g/mol. The average Bonchev–Trinajstić information content (AvgIpc) is 2.82. The predicted octanol–water partition coefficient (Wildman–Crippen LogP) is 2.51. The number of nitrogens with zero attached hydrogens (tertiary/aromatic N) is 3. The van der Waals surface area contributed by atoms with E-state index in [1.807, 2.05) is 47.0 Å². The zero-order valence-corrected chi connectivity index (χ0v) is 10.3. The van der Waals surface area contributed by atoms with E-state index in [0.717, 1.165) is 22.6 Å². The highest BCUT2D eigenvalue weighted by molar-refractivity contribution is 6.30. The number of halogens is 1. The SMILES string of the molecule is NCc1ccn2c(-c3ccc(Cl)cc3)nnc2c1. The third kappa shape index (κ3) is 1.85. The zero-order valence-electron chi connectivity index (χ0n) is 9.55. The van der Waals surface area contributed by atoms with E-state index in [1.54, 1.807) is 0 Å². The van der Waals surface area contributed by atoms with Crippen LogP contribution in [0.1, 0.15) is 5.56 Å². The van der Waals surface area contributed by atoms with Crippen molar-refractivity contribution in [2.75, 3.05) is 0 Å². The summed E-state index contributed by atoms with van der Waals surface area (Å²) in [6, 6.07) is 11.4. The van der Waals surface area contributed by atoms with Gasteiger partial charge in [0.1, 0.15) is 0 Å². The van der Waals surface area contributed by atoms with E-state index in [1.165, 1.54) is 0 Å². The number of aromatic nitrogens is 3. The molecule has 3 aromatic rings. The molecule has 0 amide bonds. The second kappa shape index (κ2) is 4.40. The lowest BCUT2D eigenvalue weighted by atomic mass is 10.2. The van der Waals surface area contributed by atoms with Gasteiger partial charge in [-0.1, -0.05) is 11.6 Å². The standard InChI is InChI=1S/C13H11ClN4/c14-11-3-1-10(2-4-11)13-17-16-12-7-9(8-15)5-6-18(12)13/h1-7H,8,15H2. The molecule has 0 spiro atoms. The molecule has 5 heteroatoms. The van der Waals surface area contributed by atoms with E-state index in [4.69, 9.17) is 17.3 Å². The van der Waals surface area contributed by atoms with Gasteiger partial charge in [0.2, 0.25) is 0 Å². The van der Waals surface area contributed by atoms with Crippen LogP contribution in [0.4, 0.5) is 0 Å². The molecule has 0 bridgehead atoms. The highest BCUT2D eigenvalue weighted by Crippen LogP contribution is 2.20.